The second-order valence-corrected chi connectivity index (χ2v) is 8.92. The first kappa shape index (κ1) is 17.8. The van der Waals surface area contributed by atoms with Gasteiger partial charge in [-0.2, -0.15) is 0 Å². The third-order valence-corrected chi connectivity index (χ3v) is 4.57. The Morgan fingerprint density at radius 1 is 1.24 bits per heavy atom. The number of hydrogen-bond acceptors (Lipinski definition) is 5. The smallest absolute Gasteiger partial charge is 0.261 e. The molecule has 0 heterocycles. The molecule has 0 radical (unpaired) electrons. The van der Waals surface area contributed by atoms with Crippen molar-refractivity contribution < 1.29 is 30.4 Å². The number of halogens is 3. The second kappa shape index (κ2) is 6.24. The van der Waals surface area contributed by atoms with Crippen LogP contribution in [-0.4, -0.2) is 41.3 Å². The Balaban J connectivity index is 3.07. The van der Waals surface area contributed by atoms with Crippen molar-refractivity contribution in [1.82, 2.24) is 5.32 Å². The molecule has 118 valence electrons. The van der Waals surface area contributed by atoms with Gasteiger partial charge < -0.3 is 5.32 Å². The molecule has 0 spiro atoms. The van der Waals surface area contributed by atoms with Crippen molar-refractivity contribution in [2.24, 2.45) is 0 Å². The molecule has 1 aromatic carbocycles. The average Bonchev–Trinajstić information content (AvgIpc) is 2.29. The lowest BCUT2D eigenvalue weighted by Gasteiger charge is -2.07. The quantitative estimate of drug-likeness (QED) is 0.777. The van der Waals surface area contributed by atoms with Gasteiger partial charge in [-0.3, -0.25) is 4.79 Å². The van der Waals surface area contributed by atoms with Crippen LogP contribution in [0.25, 0.3) is 0 Å². The molecule has 1 aromatic rings. The Morgan fingerprint density at radius 3 is 2.29 bits per heavy atom. The highest BCUT2D eigenvalue weighted by Crippen LogP contribution is 2.21. The molecule has 0 aliphatic rings. The van der Waals surface area contributed by atoms with Crippen LogP contribution in [0.4, 0.5) is 8.78 Å². The van der Waals surface area contributed by atoms with Crippen molar-refractivity contribution in [3.05, 3.63) is 29.3 Å². The van der Waals surface area contributed by atoms with Crippen LogP contribution in [0.1, 0.15) is 10.4 Å². The van der Waals surface area contributed by atoms with Crippen LogP contribution < -0.4 is 5.32 Å². The summed E-state index contributed by atoms with van der Waals surface area (Å²) in [6.07, 6.45) is 0.931. The van der Waals surface area contributed by atoms with Crippen molar-refractivity contribution in [2.75, 3.05) is 18.6 Å². The zero-order valence-corrected chi connectivity index (χ0v) is 12.9. The summed E-state index contributed by atoms with van der Waals surface area (Å²) >= 11 is 0. The van der Waals surface area contributed by atoms with E-state index in [1.165, 1.54) is 0 Å². The summed E-state index contributed by atoms with van der Waals surface area (Å²) < 4.78 is 70.7. The third kappa shape index (κ3) is 5.21. The van der Waals surface area contributed by atoms with Crippen LogP contribution >= 0.6 is 10.7 Å². The van der Waals surface area contributed by atoms with E-state index < -0.39 is 52.6 Å². The molecule has 0 saturated carbocycles. The van der Waals surface area contributed by atoms with E-state index in [9.17, 15) is 30.4 Å². The number of benzene rings is 1. The number of carbonyl (C=O) groups excluding carboxylic acids is 1. The maximum Gasteiger partial charge on any atom is 0.261 e. The van der Waals surface area contributed by atoms with Gasteiger partial charge in [0.1, 0.15) is 9.84 Å². The molecule has 6 nitrogen and oxygen atoms in total. The van der Waals surface area contributed by atoms with Gasteiger partial charge in [0.2, 0.25) is 0 Å². The highest BCUT2D eigenvalue weighted by Gasteiger charge is 2.22. The van der Waals surface area contributed by atoms with Crippen LogP contribution in [0.5, 0.6) is 0 Å². The number of amides is 1. The van der Waals surface area contributed by atoms with Crippen LogP contribution in [0.2, 0.25) is 0 Å². The fourth-order valence-electron chi connectivity index (χ4n) is 1.32. The van der Waals surface area contributed by atoms with Crippen LogP contribution in [0.3, 0.4) is 0 Å². The first-order valence-electron chi connectivity index (χ1n) is 5.31. The van der Waals surface area contributed by atoms with Crippen LogP contribution in [0, 0.1) is 11.6 Å². The summed E-state index contributed by atoms with van der Waals surface area (Å²) in [6, 6.07) is 0.904. The molecule has 0 fully saturated rings. The molecule has 0 aromatic heterocycles. The maximum absolute atomic E-state index is 13.5. The van der Waals surface area contributed by atoms with Crippen LogP contribution in [-0.2, 0) is 18.9 Å². The van der Waals surface area contributed by atoms with Crippen LogP contribution in [0.15, 0.2) is 17.0 Å². The lowest BCUT2D eigenvalue weighted by Crippen LogP contribution is -2.29. The molecule has 0 unspecified atom stereocenters. The summed E-state index contributed by atoms with van der Waals surface area (Å²) in [7, 11) is -2.71. The van der Waals surface area contributed by atoms with E-state index in [4.69, 9.17) is 10.7 Å². The second-order valence-electron chi connectivity index (χ2n) is 4.09. The predicted octanol–water partition coefficient (Wildman–Crippen LogP) is 0.667. The first-order chi connectivity index (χ1) is 9.42. The minimum Gasteiger partial charge on any atom is -0.351 e. The largest absolute Gasteiger partial charge is 0.351 e. The van der Waals surface area contributed by atoms with E-state index in [1.54, 1.807) is 0 Å². The Bertz CT molecular complexity index is 777. The summed E-state index contributed by atoms with van der Waals surface area (Å²) in [4.78, 5) is 10.9. The van der Waals surface area contributed by atoms with Crippen molar-refractivity contribution in [2.45, 2.75) is 4.90 Å². The Kier molecular flexibility index (Phi) is 5.29. The molecule has 11 heteroatoms. The number of hydrogen-bond donors (Lipinski definition) is 1. The standard InChI is InChI=1S/C10H10ClF2NO5S2/c1-20(16,17)3-2-14-10(15)7-4-6(21(11,18)19)5-8(12)9(7)13/h4-5H,2-3H2,1H3,(H,14,15). The topological polar surface area (TPSA) is 97.4 Å². The molecular formula is C10H10ClF2NO5S2. The minimum absolute atomic E-state index is 0.337. The molecule has 0 bridgehead atoms. The first-order valence-corrected chi connectivity index (χ1v) is 9.68. The maximum atomic E-state index is 13.5. The van der Waals surface area contributed by atoms with E-state index in [-0.39, 0.29) is 6.54 Å². The zero-order chi connectivity index (χ0) is 16.4. The monoisotopic (exact) mass is 361 g/mol. The summed E-state index contributed by atoms with van der Waals surface area (Å²) in [5, 5.41) is 2.04. The molecule has 1 amide bonds. The van der Waals surface area contributed by atoms with E-state index in [0.717, 1.165) is 6.26 Å². The van der Waals surface area contributed by atoms with Gasteiger partial charge in [-0.1, -0.05) is 0 Å². The number of rotatable bonds is 5. The molecule has 1 rings (SSSR count). The summed E-state index contributed by atoms with van der Waals surface area (Å²) in [6.45, 7) is -0.337. The van der Waals surface area contributed by atoms with Crippen molar-refractivity contribution in [3.8, 4) is 0 Å². The van der Waals surface area contributed by atoms with E-state index in [1.807, 2.05) is 5.32 Å². The van der Waals surface area contributed by atoms with Crippen molar-refractivity contribution in [3.63, 3.8) is 0 Å². The zero-order valence-electron chi connectivity index (χ0n) is 10.6. The predicted molar refractivity (Wildman–Crippen MR) is 71.4 cm³/mol. The van der Waals surface area contributed by atoms with Gasteiger partial charge in [0.25, 0.3) is 15.0 Å². The molecule has 0 saturated heterocycles. The van der Waals surface area contributed by atoms with Gasteiger partial charge in [0.05, 0.1) is 16.2 Å². The fraction of sp³-hybridized carbons (Fsp3) is 0.300. The number of carbonyl (C=O) groups is 1. The Labute approximate surface area is 124 Å². The van der Waals surface area contributed by atoms with E-state index in [0.29, 0.717) is 12.1 Å². The minimum atomic E-state index is -4.35. The third-order valence-electron chi connectivity index (χ3n) is 2.29. The van der Waals surface area contributed by atoms with Gasteiger partial charge >= 0.3 is 0 Å². The lowest BCUT2D eigenvalue weighted by molar-refractivity contribution is 0.0950. The van der Waals surface area contributed by atoms with Gasteiger partial charge in [-0.15, -0.1) is 0 Å². The number of sulfone groups is 1. The van der Waals surface area contributed by atoms with E-state index in [2.05, 4.69) is 0 Å². The van der Waals surface area contributed by atoms with Crippen molar-refractivity contribution >= 4 is 35.5 Å². The Hall–Kier alpha value is -1.26. The molecule has 0 aliphatic heterocycles. The van der Waals surface area contributed by atoms with Gasteiger partial charge in [0, 0.05) is 23.5 Å². The van der Waals surface area contributed by atoms with Gasteiger partial charge in [-0.25, -0.2) is 25.6 Å². The normalized spacial score (nSPS) is 12.2. The summed E-state index contributed by atoms with van der Waals surface area (Å²) in [5.74, 6) is -4.69. The molecular weight excluding hydrogens is 352 g/mol. The highest BCUT2D eigenvalue weighted by molar-refractivity contribution is 8.13. The SMILES string of the molecule is CS(=O)(=O)CCNC(=O)c1cc(S(=O)(=O)Cl)cc(F)c1F. The lowest BCUT2D eigenvalue weighted by atomic mass is 10.2. The highest BCUT2D eigenvalue weighted by atomic mass is 35.7. The summed E-state index contributed by atoms with van der Waals surface area (Å²) in [5.41, 5.74) is -0.886. The van der Waals surface area contributed by atoms with Gasteiger partial charge in [0.15, 0.2) is 11.6 Å². The molecule has 21 heavy (non-hydrogen) atoms. The molecule has 0 aliphatic carbocycles. The fourth-order valence-corrected chi connectivity index (χ4v) is 2.56. The Morgan fingerprint density at radius 2 is 1.81 bits per heavy atom. The molecule has 0 atom stereocenters. The number of nitrogens with one attached hydrogen (secondary N) is 1. The molecule has 1 N–H and O–H groups in total. The van der Waals surface area contributed by atoms with Crippen molar-refractivity contribution in [1.29, 1.82) is 0 Å². The van der Waals surface area contributed by atoms with Gasteiger partial charge in [-0.05, 0) is 12.1 Å². The van der Waals surface area contributed by atoms with E-state index >= 15 is 0 Å². The average molecular weight is 362 g/mol.